The Bertz CT molecular complexity index is 803. The van der Waals surface area contributed by atoms with E-state index in [1.165, 1.54) is 28.3 Å². The largest absolute Gasteiger partial charge is 0.497 e. The summed E-state index contributed by atoms with van der Waals surface area (Å²) in [5, 5.41) is 2.71. The first-order chi connectivity index (χ1) is 12.5. The second-order valence-corrected chi connectivity index (χ2v) is 5.32. The molecule has 0 aliphatic carbocycles. The number of ketones is 1. The van der Waals surface area contributed by atoms with Gasteiger partial charge in [-0.3, -0.25) is 9.59 Å². The second-order valence-electron chi connectivity index (χ2n) is 5.32. The average molecular weight is 359 g/mol. The van der Waals surface area contributed by atoms with Gasteiger partial charge in [0.2, 0.25) is 0 Å². The van der Waals surface area contributed by atoms with E-state index in [2.05, 4.69) is 5.32 Å². The number of anilines is 1. The number of ether oxygens (including phenoxy) is 4. The fourth-order valence-corrected chi connectivity index (χ4v) is 2.25. The number of Topliss-reactive ketones (excluding diaryl/α,β-unsaturated/α-hetero) is 1. The molecule has 2 aromatic rings. The van der Waals surface area contributed by atoms with Gasteiger partial charge in [0.25, 0.3) is 5.91 Å². The van der Waals surface area contributed by atoms with Gasteiger partial charge in [-0.15, -0.1) is 0 Å². The Kier molecular flexibility index (Phi) is 6.43. The van der Waals surface area contributed by atoms with Crippen LogP contribution in [0.1, 0.15) is 17.3 Å². The highest BCUT2D eigenvalue weighted by molar-refractivity contribution is 5.95. The summed E-state index contributed by atoms with van der Waals surface area (Å²) in [6.07, 6.45) is 0. The van der Waals surface area contributed by atoms with Crippen molar-refractivity contribution in [3.8, 4) is 23.0 Å². The van der Waals surface area contributed by atoms with Crippen LogP contribution in [0.3, 0.4) is 0 Å². The summed E-state index contributed by atoms with van der Waals surface area (Å²) >= 11 is 0. The molecule has 0 aromatic heterocycles. The lowest BCUT2D eigenvalue weighted by Gasteiger charge is -2.13. The molecule has 26 heavy (non-hydrogen) atoms. The Morgan fingerprint density at radius 1 is 0.885 bits per heavy atom. The predicted octanol–water partition coefficient (Wildman–Crippen LogP) is 2.93. The molecule has 0 unspecified atom stereocenters. The smallest absolute Gasteiger partial charge is 0.262 e. The molecule has 0 bridgehead atoms. The fraction of sp³-hybridized carbons (Fsp3) is 0.263. The Hall–Kier alpha value is -3.22. The molecule has 0 heterocycles. The molecule has 1 N–H and O–H groups in total. The molecule has 1 amide bonds. The van der Waals surface area contributed by atoms with E-state index in [1.807, 2.05) is 0 Å². The zero-order valence-corrected chi connectivity index (χ0v) is 15.1. The van der Waals surface area contributed by atoms with Gasteiger partial charge in [-0.05, 0) is 37.3 Å². The molecule has 0 aliphatic rings. The molecule has 0 atom stereocenters. The lowest BCUT2D eigenvalue weighted by molar-refractivity contribution is -0.118. The maximum absolute atomic E-state index is 12.2. The number of carbonyl (C=O) groups is 2. The monoisotopic (exact) mass is 359 g/mol. The summed E-state index contributed by atoms with van der Waals surface area (Å²) in [5.74, 6) is 1.37. The van der Waals surface area contributed by atoms with Gasteiger partial charge in [-0.2, -0.15) is 0 Å². The van der Waals surface area contributed by atoms with Gasteiger partial charge in [0, 0.05) is 11.6 Å². The minimum atomic E-state index is -0.380. The van der Waals surface area contributed by atoms with Crippen LogP contribution in [0.2, 0.25) is 0 Å². The quantitative estimate of drug-likeness (QED) is 0.730. The van der Waals surface area contributed by atoms with Crippen LogP contribution >= 0.6 is 0 Å². The molecule has 7 nitrogen and oxygen atoms in total. The number of rotatable bonds is 8. The lowest BCUT2D eigenvalue weighted by Crippen LogP contribution is -2.20. The van der Waals surface area contributed by atoms with Crippen molar-refractivity contribution in [2.75, 3.05) is 33.3 Å². The van der Waals surface area contributed by atoms with Crippen LogP contribution in [-0.2, 0) is 4.79 Å². The Morgan fingerprint density at radius 2 is 1.58 bits per heavy atom. The van der Waals surface area contributed by atoms with Crippen molar-refractivity contribution in [1.29, 1.82) is 0 Å². The zero-order chi connectivity index (χ0) is 19.1. The van der Waals surface area contributed by atoms with E-state index in [9.17, 15) is 9.59 Å². The molecule has 138 valence electrons. The van der Waals surface area contributed by atoms with E-state index in [1.54, 1.807) is 36.4 Å². The molecule has 0 saturated carbocycles. The molecular weight excluding hydrogens is 338 g/mol. The average Bonchev–Trinajstić information content (AvgIpc) is 2.65. The van der Waals surface area contributed by atoms with Crippen LogP contribution in [0.25, 0.3) is 0 Å². The van der Waals surface area contributed by atoms with E-state index < -0.39 is 0 Å². The standard InChI is InChI=1S/C19H21NO6/c1-12(21)13-5-7-17(18(9-13)25-4)26-11-19(22)20-15-10-14(23-2)6-8-16(15)24-3/h5-10H,11H2,1-4H3,(H,20,22). The zero-order valence-electron chi connectivity index (χ0n) is 15.1. The maximum atomic E-state index is 12.2. The van der Waals surface area contributed by atoms with Crippen molar-refractivity contribution in [3.63, 3.8) is 0 Å². The minimum Gasteiger partial charge on any atom is -0.497 e. The number of benzene rings is 2. The summed E-state index contributed by atoms with van der Waals surface area (Å²) in [5.41, 5.74) is 0.971. The van der Waals surface area contributed by atoms with Crippen molar-refractivity contribution in [3.05, 3.63) is 42.0 Å². The van der Waals surface area contributed by atoms with E-state index in [0.29, 0.717) is 34.2 Å². The first kappa shape index (κ1) is 19.1. The number of hydrogen-bond acceptors (Lipinski definition) is 6. The summed E-state index contributed by atoms with van der Waals surface area (Å²) in [6.45, 7) is 1.22. The van der Waals surface area contributed by atoms with Gasteiger partial charge in [0.05, 0.1) is 27.0 Å². The van der Waals surface area contributed by atoms with Gasteiger partial charge in [0.15, 0.2) is 23.9 Å². The molecule has 0 aliphatic heterocycles. The highest BCUT2D eigenvalue weighted by Crippen LogP contribution is 2.30. The summed E-state index contributed by atoms with van der Waals surface area (Å²) in [7, 11) is 4.51. The number of nitrogens with one attached hydrogen (secondary N) is 1. The summed E-state index contributed by atoms with van der Waals surface area (Å²) < 4.78 is 21.1. The van der Waals surface area contributed by atoms with Gasteiger partial charge in [0.1, 0.15) is 11.5 Å². The second kappa shape index (κ2) is 8.75. The number of amides is 1. The van der Waals surface area contributed by atoms with Crippen LogP contribution in [0, 0.1) is 0 Å². The van der Waals surface area contributed by atoms with Gasteiger partial charge >= 0.3 is 0 Å². The van der Waals surface area contributed by atoms with Crippen molar-refractivity contribution in [1.82, 2.24) is 0 Å². The predicted molar refractivity (Wildman–Crippen MR) is 96.7 cm³/mol. The first-order valence-corrected chi connectivity index (χ1v) is 7.82. The van der Waals surface area contributed by atoms with Crippen LogP contribution in [0.5, 0.6) is 23.0 Å². The van der Waals surface area contributed by atoms with E-state index in [-0.39, 0.29) is 18.3 Å². The SMILES string of the molecule is COc1ccc(OC)c(NC(=O)COc2ccc(C(C)=O)cc2OC)c1. The molecule has 2 rings (SSSR count). The molecule has 2 aromatic carbocycles. The number of carbonyl (C=O) groups excluding carboxylic acids is 2. The van der Waals surface area contributed by atoms with E-state index >= 15 is 0 Å². The normalized spacial score (nSPS) is 10.0. The van der Waals surface area contributed by atoms with Crippen LogP contribution in [0.4, 0.5) is 5.69 Å². The Balaban J connectivity index is 2.06. The molecule has 0 spiro atoms. The van der Waals surface area contributed by atoms with Gasteiger partial charge in [-0.25, -0.2) is 0 Å². The summed E-state index contributed by atoms with van der Waals surface area (Å²) in [6, 6.07) is 9.85. The third-order valence-corrected chi connectivity index (χ3v) is 3.61. The molecule has 0 saturated heterocycles. The third kappa shape index (κ3) is 4.66. The number of methoxy groups -OCH3 is 3. The molecule has 0 radical (unpaired) electrons. The minimum absolute atomic E-state index is 0.0855. The highest BCUT2D eigenvalue weighted by Gasteiger charge is 2.12. The van der Waals surface area contributed by atoms with Crippen LogP contribution in [-0.4, -0.2) is 39.6 Å². The van der Waals surface area contributed by atoms with E-state index in [0.717, 1.165) is 0 Å². The number of hydrogen-bond donors (Lipinski definition) is 1. The van der Waals surface area contributed by atoms with Crippen molar-refractivity contribution < 1.29 is 28.5 Å². The summed E-state index contributed by atoms with van der Waals surface area (Å²) in [4.78, 5) is 23.6. The third-order valence-electron chi connectivity index (χ3n) is 3.61. The van der Waals surface area contributed by atoms with Gasteiger partial charge < -0.3 is 24.3 Å². The van der Waals surface area contributed by atoms with Crippen LogP contribution < -0.4 is 24.3 Å². The van der Waals surface area contributed by atoms with E-state index in [4.69, 9.17) is 18.9 Å². The molecule has 7 heteroatoms. The van der Waals surface area contributed by atoms with Crippen LogP contribution in [0.15, 0.2) is 36.4 Å². The topological polar surface area (TPSA) is 83.1 Å². The first-order valence-electron chi connectivity index (χ1n) is 7.82. The maximum Gasteiger partial charge on any atom is 0.262 e. The van der Waals surface area contributed by atoms with Crippen molar-refractivity contribution >= 4 is 17.4 Å². The van der Waals surface area contributed by atoms with Crippen molar-refractivity contribution in [2.45, 2.75) is 6.92 Å². The lowest BCUT2D eigenvalue weighted by atomic mass is 10.1. The fourth-order valence-electron chi connectivity index (χ4n) is 2.25. The highest BCUT2D eigenvalue weighted by atomic mass is 16.5. The van der Waals surface area contributed by atoms with Crippen molar-refractivity contribution in [2.24, 2.45) is 0 Å². The molecule has 0 fully saturated rings. The molecular formula is C19H21NO6. The Labute approximate surface area is 151 Å². The van der Waals surface area contributed by atoms with Gasteiger partial charge in [-0.1, -0.05) is 0 Å². The Morgan fingerprint density at radius 3 is 2.19 bits per heavy atom.